The van der Waals surface area contributed by atoms with E-state index in [0.717, 1.165) is 6.26 Å². The van der Waals surface area contributed by atoms with Gasteiger partial charge in [0.15, 0.2) is 15.6 Å². The van der Waals surface area contributed by atoms with Crippen LogP contribution in [0.15, 0.2) is 39.8 Å². The first-order valence-corrected chi connectivity index (χ1v) is 9.23. The monoisotopic (exact) mass is 368 g/mol. The van der Waals surface area contributed by atoms with Gasteiger partial charge in [-0.3, -0.25) is 4.79 Å². The van der Waals surface area contributed by atoms with E-state index in [1.54, 1.807) is 18.2 Å². The van der Waals surface area contributed by atoms with Crippen LogP contribution < -0.4 is 20.1 Å². The highest BCUT2D eigenvalue weighted by Crippen LogP contribution is 2.36. The zero-order valence-corrected chi connectivity index (χ0v) is 15.0. The molecule has 0 saturated heterocycles. The number of anilines is 1. The summed E-state index contributed by atoms with van der Waals surface area (Å²) in [6.45, 7) is 0.185. The maximum Gasteiger partial charge on any atom is 0.239 e. The van der Waals surface area contributed by atoms with Crippen LogP contribution in [-0.4, -0.2) is 41.3 Å². The summed E-state index contributed by atoms with van der Waals surface area (Å²) in [7, 11) is -0.753. The Morgan fingerprint density at radius 3 is 2.56 bits per heavy atom. The molecule has 0 radical (unpaired) electrons. The molecule has 25 heavy (non-hydrogen) atoms. The van der Waals surface area contributed by atoms with Crippen molar-refractivity contribution in [3.63, 3.8) is 0 Å². The van der Waals surface area contributed by atoms with Gasteiger partial charge < -0.3 is 24.5 Å². The van der Waals surface area contributed by atoms with Crippen LogP contribution >= 0.6 is 0 Å². The number of benzene rings is 1. The highest BCUT2D eigenvalue weighted by Gasteiger charge is 2.20. The maximum absolute atomic E-state index is 12.0. The average Bonchev–Trinajstić information content (AvgIpc) is 3.09. The van der Waals surface area contributed by atoms with Crippen molar-refractivity contribution in [1.29, 1.82) is 0 Å². The van der Waals surface area contributed by atoms with Gasteiger partial charge in [-0.05, 0) is 12.1 Å². The standard InChI is InChI=1S/C16H20N2O6S/c1-22-12-7-13(16(23-2)14(8-12)25(3,20)21)17-10-15(19)18-9-11-5-4-6-24-11/h4-8,17H,9-10H2,1-3H3,(H,18,19). The predicted molar refractivity (Wildman–Crippen MR) is 91.7 cm³/mol. The van der Waals surface area contributed by atoms with Crippen molar-refractivity contribution in [3.05, 3.63) is 36.3 Å². The molecule has 0 atom stereocenters. The van der Waals surface area contributed by atoms with Crippen molar-refractivity contribution in [2.24, 2.45) is 0 Å². The first-order valence-electron chi connectivity index (χ1n) is 7.34. The third-order valence-corrected chi connectivity index (χ3v) is 4.45. The van der Waals surface area contributed by atoms with Crippen molar-refractivity contribution in [2.75, 3.05) is 32.3 Å². The Morgan fingerprint density at radius 1 is 1.24 bits per heavy atom. The lowest BCUT2D eigenvalue weighted by molar-refractivity contribution is -0.119. The summed E-state index contributed by atoms with van der Waals surface area (Å²) in [5, 5.41) is 5.55. The highest BCUT2D eigenvalue weighted by atomic mass is 32.2. The van der Waals surface area contributed by atoms with E-state index in [2.05, 4.69) is 10.6 Å². The lowest BCUT2D eigenvalue weighted by Gasteiger charge is -2.16. The van der Waals surface area contributed by atoms with Crippen molar-refractivity contribution in [2.45, 2.75) is 11.4 Å². The summed E-state index contributed by atoms with van der Waals surface area (Å²) in [6, 6.07) is 6.41. The lowest BCUT2D eigenvalue weighted by Crippen LogP contribution is -2.29. The summed E-state index contributed by atoms with van der Waals surface area (Å²) in [5.41, 5.74) is 0.343. The van der Waals surface area contributed by atoms with E-state index >= 15 is 0 Å². The minimum absolute atomic E-state index is 0.0205. The molecular formula is C16H20N2O6S. The molecule has 1 heterocycles. The van der Waals surface area contributed by atoms with Gasteiger partial charge in [0.2, 0.25) is 5.91 Å². The van der Waals surface area contributed by atoms with Gasteiger partial charge in [-0.1, -0.05) is 0 Å². The number of carbonyl (C=O) groups is 1. The topological polar surface area (TPSA) is 107 Å². The number of amides is 1. The molecule has 2 N–H and O–H groups in total. The maximum atomic E-state index is 12.0. The Balaban J connectivity index is 2.13. The quantitative estimate of drug-likeness (QED) is 0.726. The fraction of sp³-hybridized carbons (Fsp3) is 0.312. The summed E-state index contributed by atoms with van der Waals surface area (Å²) in [6.07, 6.45) is 2.59. The van der Waals surface area contributed by atoms with E-state index in [1.165, 1.54) is 26.5 Å². The van der Waals surface area contributed by atoms with E-state index in [9.17, 15) is 13.2 Å². The molecule has 2 aromatic rings. The first-order chi connectivity index (χ1) is 11.8. The van der Waals surface area contributed by atoms with E-state index in [4.69, 9.17) is 13.9 Å². The van der Waals surface area contributed by atoms with Gasteiger partial charge >= 0.3 is 0 Å². The molecule has 2 rings (SSSR count). The predicted octanol–water partition coefficient (Wildman–Crippen LogP) is 1.43. The Labute approximate surface area is 146 Å². The molecular weight excluding hydrogens is 348 g/mol. The summed E-state index contributed by atoms with van der Waals surface area (Å²) < 4.78 is 39.4. The second-order valence-corrected chi connectivity index (χ2v) is 7.17. The molecule has 8 nitrogen and oxygen atoms in total. The molecule has 0 bridgehead atoms. The van der Waals surface area contributed by atoms with Crippen LogP contribution in [0.4, 0.5) is 5.69 Å². The molecule has 0 aliphatic heterocycles. The summed E-state index contributed by atoms with van der Waals surface area (Å²) in [5.74, 6) is 0.802. The molecule has 1 aromatic heterocycles. The number of methoxy groups -OCH3 is 2. The van der Waals surface area contributed by atoms with E-state index in [-0.39, 0.29) is 29.6 Å². The molecule has 0 unspecified atom stereocenters. The van der Waals surface area contributed by atoms with Crippen LogP contribution in [0.2, 0.25) is 0 Å². The van der Waals surface area contributed by atoms with Gasteiger partial charge in [0, 0.05) is 18.4 Å². The second kappa shape index (κ2) is 7.93. The van der Waals surface area contributed by atoms with Crippen LogP contribution in [0.1, 0.15) is 5.76 Å². The van der Waals surface area contributed by atoms with Crippen LogP contribution in [0.3, 0.4) is 0 Å². The second-order valence-electron chi connectivity index (χ2n) is 5.19. The Kier molecular flexibility index (Phi) is 5.92. The Morgan fingerprint density at radius 2 is 2.00 bits per heavy atom. The van der Waals surface area contributed by atoms with Crippen LogP contribution in [-0.2, 0) is 21.2 Å². The number of ether oxygens (including phenoxy) is 2. The van der Waals surface area contributed by atoms with Crippen molar-refractivity contribution in [1.82, 2.24) is 5.32 Å². The number of hydrogen-bond donors (Lipinski definition) is 2. The molecule has 9 heteroatoms. The largest absolute Gasteiger partial charge is 0.497 e. The van der Waals surface area contributed by atoms with Crippen molar-refractivity contribution < 1.29 is 27.1 Å². The van der Waals surface area contributed by atoms with Gasteiger partial charge in [0.1, 0.15) is 16.4 Å². The number of furan rings is 1. The van der Waals surface area contributed by atoms with E-state index in [0.29, 0.717) is 17.2 Å². The van der Waals surface area contributed by atoms with Gasteiger partial charge in [-0.2, -0.15) is 0 Å². The molecule has 0 spiro atoms. The number of carbonyl (C=O) groups excluding carboxylic acids is 1. The molecule has 1 aromatic carbocycles. The van der Waals surface area contributed by atoms with Crippen molar-refractivity contribution >= 4 is 21.4 Å². The number of hydrogen-bond acceptors (Lipinski definition) is 7. The van der Waals surface area contributed by atoms with Crippen LogP contribution in [0.25, 0.3) is 0 Å². The van der Waals surface area contributed by atoms with E-state index < -0.39 is 9.84 Å². The molecule has 1 amide bonds. The number of rotatable bonds is 8. The average molecular weight is 368 g/mol. The Bertz CT molecular complexity index is 831. The number of nitrogens with one attached hydrogen (secondary N) is 2. The lowest BCUT2D eigenvalue weighted by atomic mass is 10.2. The smallest absolute Gasteiger partial charge is 0.239 e. The van der Waals surface area contributed by atoms with Crippen molar-refractivity contribution in [3.8, 4) is 11.5 Å². The normalized spacial score (nSPS) is 11.0. The van der Waals surface area contributed by atoms with Gasteiger partial charge in [0.05, 0.1) is 39.3 Å². The van der Waals surface area contributed by atoms with Gasteiger partial charge in [0.25, 0.3) is 0 Å². The zero-order chi connectivity index (χ0) is 18.4. The van der Waals surface area contributed by atoms with Gasteiger partial charge in [-0.15, -0.1) is 0 Å². The molecule has 0 aliphatic carbocycles. The molecule has 136 valence electrons. The van der Waals surface area contributed by atoms with E-state index in [1.807, 2.05) is 0 Å². The van der Waals surface area contributed by atoms with Crippen LogP contribution in [0, 0.1) is 0 Å². The highest BCUT2D eigenvalue weighted by molar-refractivity contribution is 7.90. The fourth-order valence-electron chi connectivity index (χ4n) is 2.15. The fourth-order valence-corrected chi connectivity index (χ4v) is 3.01. The minimum atomic E-state index is -3.54. The Hall–Kier alpha value is -2.68. The molecule has 0 fully saturated rings. The van der Waals surface area contributed by atoms with Crippen LogP contribution in [0.5, 0.6) is 11.5 Å². The summed E-state index contributed by atoms with van der Waals surface area (Å²) >= 11 is 0. The first kappa shape index (κ1) is 18.7. The number of sulfone groups is 1. The zero-order valence-electron chi connectivity index (χ0n) is 14.2. The molecule has 0 aliphatic rings. The summed E-state index contributed by atoms with van der Waals surface area (Å²) in [4.78, 5) is 11.9. The third kappa shape index (κ3) is 4.90. The SMILES string of the molecule is COc1cc(NCC(=O)NCc2ccco2)c(OC)c(S(C)(=O)=O)c1. The third-order valence-electron chi connectivity index (χ3n) is 3.35. The van der Waals surface area contributed by atoms with Gasteiger partial charge in [-0.25, -0.2) is 8.42 Å². The molecule has 0 saturated carbocycles. The minimum Gasteiger partial charge on any atom is -0.497 e.